The van der Waals surface area contributed by atoms with Crippen LogP contribution in [0.1, 0.15) is 11.3 Å². The molecular weight excluding hydrogens is 328 g/mol. The predicted molar refractivity (Wildman–Crippen MR) is 95.8 cm³/mol. The molecule has 0 spiro atoms. The molecule has 5 aromatic rings. The van der Waals surface area contributed by atoms with E-state index in [1.807, 2.05) is 48.0 Å². The maximum Gasteiger partial charge on any atom is 0.221 e. The summed E-state index contributed by atoms with van der Waals surface area (Å²) in [6.45, 7) is 2.45. The van der Waals surface area contributed by atoms with E-state index >= 15 is 0 Å². The summed E-state index contributed by atoms with van der Waals surface area (Å²) in [6.07, 6.45) is 7.08. The fourth-order valence-corrected chi connectivity index (χ4v) is 2.98. The van der Waals surface area contributed by atoms with Crippen LogP contribution in [0.4, 0.5) is 0 Å². The highest BCUT2D eigenvalue weighted by molar-refractivity contribution is 5.81. The van der Waals surface area contributed by atoms with E-state index < -0.39 is 0 Å². The van der Waals surface area contributed by atoms with Crippen molar-refractivity contribution in [1.29, 1.82) is 0 Å². The largest absolute Gasteiger partial charge is 0.289 e. The molecule has 5 rings (SSSR count). The van der Waals surface area contributed by atoms with E-state index in [0.29, 0.717) is 23.7 Å². The zero-order valence-electron chi connectivity index (χ0n) is 14.0. The molecule has 0 aliphatic heterocycles. The van der Waals surface area contributed by atoms with E-state index in [1.165, 1.54) is 0 Å². The molecule has 0 bridgehead atoms. The standard InChI is InChI=1S/C18H14N8/c1-12-9-25(11-21-12)15-8-20-17-18(22-15)26(24-23-17)10-14-5-2-4-13-6-3-7-19-16(13)14/h2-9,11H,10H2,1H3. The molecular formula is C18H14N8. The molecule has 4 heterocycles. The first-order valence-electron chi connectivity index (χ1n) is 8.18. The van der Waals surface area contributed by atoms with Gasteiger partial charge in [-0.1, -0.05) is 29.5 Å². The van der Waals surface area contributed by atoms with Gasteiger partial charge in [-0.25, -0.2) is 19.6 Å². The van der Waals surface area contributed by atoms with Crippen molar-refractivity contribution >= 4 is 22.2 Å². The van der Waals surface area contributed by atoms with Crippen LogP contribution in [0.2, 0.25) is 0 Å². The average molecular weight is 342 g/mol. The Hall–Kier alpha value is -3.68. The molecule has 0 unspecified atom stereocenters. The maximum absolute atomic E-state index is 4.67. The van der Waals surface area contributed by atoms with Gasteiger partial charge in [-0.2, -0.15) is 0 Å². The minimum Gasteiger partial charge on any atom is -0.289 e. The van der Waals surface area contributed by atoms with Crippen LogP contribution in [0, 0.1) is 6.92 Å². The lowest BCUT2D eigenvalue weighted by molar-refractivity contribution is 0.665. The van der Waals surface area contributed by atoms with Crippen molar-refractivity contribution in [3.8, 4) is 5.82 Å². The first-order valence-corrected chi connectivity index (χ1v) is 8.18. The second-order valence-electron chi connectivity index (χ2n) is 6.04. The first-order chi connectivity index (χ1) is 12.8. The number of hydrogen-bond donors (Lipinski definition) is 0. The number of para-hydroxylation sites is 1. The van der Waals surface area contributed by atoms with E-state index in [4.69, 9.17) is 0 Å². The predicted octanol–water partition coefficient (Wildman–Crippen LogP) is 2.31. The molecule has 0 saturated heterocycles. The highest BCUT2D eigenvalue weighted by atomic mass is 15.5. The number of benzene rings is 1. The van der Waals surface area contributed by atoms with E-state index in [2.05, 4.69) is 30.2 Å². The fourth-order valence-electron chi connectivity index (χ4n) is 2.98. The van der Waals surface area contributed by atoms with Crippen molar-refractivity contribution in [1.82, 2.24) is 39.5 Å². The summed E-state index contributed by atoms with van der Waals surface area (Å²) in [5.41, 5.74) is 4.06. The number of hydrogen-bond acceptors (Lipinski definition) is 6. The smallest absolute Gasteiger partial charge is 0.221 e. The summed E-state index contributed by atoms with van der Waals surface area (Å²) in [4.78, 5) is 17.8. The molecule has 0 atom stereocenters. The summed E-state index contributed by atoms with van der Waals surface area (Å²) in [6, 6.07) is 10.1. The van der Waals surface area contributed by atoms with E-state index in [9.17, 15) is 0 Å². The quantitative estimate of drug-likeness (QED) is 0.500. The lowest BCUT2D eigenvalue weighted by atomic mass is 10.1. The Morgan fingerprint density at radius 1 is 1.04 bits per heavy atom. The van der Waals surface area contributed by atoms with Gasteiger partial charge in [0, 0.05) is 17.8 Å². The highest BCUT2D eigenvalue weighted by Gasteiger charge is 2.12. The third-order valence-corrected chi connectivity index (χ3v) is 4.23. The van der Waals surface area contributed by atoms with Gasteiger partial charge in [0.25, 0.3) is 0 Å². The van der Waals surface area contributed by atoms with E-state index in [0.717, 1.165) is 22.2 Å². The molecule has 0 aliphatic rings. The molecule has 0 aliphatic carbocycles. The molecule has 0 saturated carbocycles. The van der Waals surface area contributed by atoms with Crippen molar-refractivity contribution in [2.24, 2.45) is 0 Å². The maximum atomic E-state index is 4.67. The third kappa shape index (κ3) is 2.39. The van der Waals surface area contributed by atoms with E-state index in [1.54, 1.807) is 23.4 Å². The monoisotopic (exact) mass is 342 g/mol. The second kappa shape index (κ2) is 5.69. The number of pyridine rings is 1. The van der Waals surface area contributed by atoms with Crippen LogP contribution in [0.3, 0.4) is 0 Å². The number of nitrogens with zero attached hydrogens (tertiary/aromatic N) is 8. The lowest BCUT2D eigenvalue weighted by Gasteiger charge is -2.06. The van der Waals surface area contributed by atoms with Gasteiger partial charge >= 0.3 is 0 Å². The van der Waals surface area contributed by atoms with E-state index in [-0.39, 0.29) is 0 Å². The Morgan fingerprint density at radius 2 is 1.96 bits per heavy atom. The minimum atomic E-state index is 0.513. The van der Waals surface area contributed by atoms with Crippen LogP contribution in [0.25, 0.3) is 28.0 Å². The summed E-state index contributed by atoms with van der Waals surface area (Å²) in [5.74, 6) is 0.678. The Kier molecular flexibility index (Phi) is 3.21. The summed E-state index contributed by atoms with van der Waals surface area (Å²) in [7, 11) is 0. The number of aryl methyl sites for hydroxylation is 1. The van der Waals surface area contributed by atoms with Crippen LogP contribution in [0.5, 0.6) is 0 Å². The molecule has 26 heavy (non-hydrogen) atoms. The van der Waals surface area contributed by atoms with Gasteiger partial charge in [0.15, 0.2) is 11.5 Å². The molecule has 8 nitrogen and oxygen atoms in total. The van der Waals surface area contributed by atoms with Crippen LogP contribution >= 0.6 is 0 Å². The van der Waals surface area contributed by atoms with Crippen LogP contribution in [-0.2, 0) is 6.54 Å². The Labute approximate surface area is 148 Å². The van der Waals surface area contributed by atoms with Gasteiger partial charge in [0.1, 0.15) is 6.33 Å². The number of fused-ring (bicyclic) bond motifs is 2. The van der Waals surface area contributed by atoms with Crippen molar-refractivity contribution in [3.05, 3.63) is 66.5 Å². The fraction of sp³-hybridized carbons (Fsp3) is 0.111. The molecule has 0 radical (unpaired) electrons. The van der Waals surface area contributed by atoms with Crippen LogP contribution in [0.15, 0.2) is 55.2 Å². The number of aromatic nitrogens is 8. The third-order valence-electron chi connectivity index (χ3n) is 4.23. The van der Waals surface area contributed by atoms with Crippen molar-refractivity contribution in [2.75, 3.05) is 0 Å². The van der Waals surface area contributed by atoms with Crippen molar-refractivity contribution in [2.45, 2.75) is 13.5 Å². The normalized spacial score (nSPS) is 11.4. The molecule has 8 heteroatoms. The van der Waals surface area contributed by atoms with Gasteiger partial charge in [-0.3, -0.25) is 9.55 Å². The lowest BCUT2D eigenvalue weighted by Crippen LogP contribution is -2.05. The van der Waals surface area contributed by atoms with Crippen LogP contribution < -0.4 is 0 Å². The second-order valence-corrected chi connectivity index (χ2v) is 6.04. The van der Waals surface area contributed by atoms with Crippen LogP contribution in [-0.4, -0.2) is 39.5 Å². The van der Waals surface area contributed by atoms with Gasteiger partial charge in [0.2, 0.25) is 5.65 Å². The molecule has 0 N–H and O–H groups in total. The number of imidazole rings is 1. The van der Waals surface area contributed by atoms with Gasteiger partial charge in [-0.05, 0) is 18.6 Å². The van der Waals surface area contributed by atoms with Crippen molar-refractivity contribution < 1.29 is 0 Å². The zero-order valence-corrected chi connectivity index (χ0v) is 14.0. The molecule has 0 fully saturated rings. The Morgan fingerprint density at radius 3 is 2.85 bits per heavy atom. The topological polar surface area (TPSA) is 87.2 Å². The highest BCUT2D eigenvalue weighted by Crippen LogP contribution is 2.18. The average Bonchev–Trinajstić information content (AvgIpc) is 3.28. The molecule has 1 aromatic carbocycles. The van der Waals surface area contributed by atoms with Gasteiger partial charge in [-0.15, -0.1) is 5.10 Å². The van der Waals surface area contributed by atoms with Gasteiger partial charge < -0.3 is 0 Å². The molecule has 0 amide bonds. The summed E-state index contributed by atoms with van der Waals surface area (Å²) < 4.78 is 3.58. The SMILES string of the molecule is Cc1cn(-c2cnc3nnn(Cc4cccc5cccnc45)c3n2)cn1. The minimum absolute atomic E-state index is 0.513. The molecule has 126 valence electrons. The Bertz CT molecular complexity index is 1230. The van der Waals surface area contributed by atoms with Gasteiger partial charge in [0.05, 0.1) is 24.0 Å². The summed E-state index contributed by atoms with van der Waals surface area (Å²) >= 11 is 0. The Balaban J connectivity index is 1.60. The summed E-state index contributed by atoms with van der Waals surface area (Å²) in [5, 5.41) is 9.45. The zero-order chi connectivity index (χ0) is 17.5. The number of rotatable bonds is 3. The first kappa shape index (κ1) is 14.6. The van der Waals surface area contributed by atoms with Crippen molar-refractivity contribution in [3.63, 3.8) is 0 Å². The molecule has 4 aromatic heterocycles.